The van der Waals surface area contributed by atoms with Gasteiger partial charge in [0.25, 0.3) is 0 Å². The molecule has 5 nitrogen and oxygen atoms in total. The van der Waals surface area contributed by atoms with E-state index in [9.17, 15) is 8.42 Å². The lowest BCUT2D eigenvalue weighted by atomic mass is 9.88. The number of hydrogen-bond acceptors (Lipinski definition) is 4. The summed E-state index contributed by atoms with van der Waals surface area (Å²) in [6.45, 7) is 6.73. The van der Waals surface area contributed by atoms with Crippen molar-refractivity contribution in [1.29, 1.82) is 0 Å². The van der Waals surface area contributed by atoms with Crippen LogP contribution in [0.4, 0.5) is 0 Å². The average Bonchev–Trinajstić information content (AvgIpc) is 3.23. The smallest absolute Gasteiger partial charge is 0.240 e. The molecule has 2 aliphatic heterocycles. The first-order valence-electron chi connectivity index (χ1n) is 11.1. The Morgan fingerprint density at radius 1 is 0.821 bits per heavy atom. The first kappa shape index (κ1) is 20.3. The first-order chi connectivity index (χ1) is 13.5. The van der Waals surface area contributed by atoms with Crippen molar-refractivity contribution in [3.8, 4) is 0 Å². The second-order valence-electron chi connectivity index (χ2n) is 8.90. The third-order valence-electron chi connectivity index (χ3n) is 6.99. The third kappa shape index (κ3) is 4.61. The highest BCUT2D eigenvalue weighted by Crippen LogP contribution is 2.29. The number of nitrogens with zero attached hydrogens (tertiary/aromatic N) is 2. The molecule has 3 aliphatic rings. The van der Waals surface area contributed by atoms with E-state index in [2.05, 4.69) is 14.5 Å². The van der Waals surface area contributed by atoms with Gasteiger partial charge in [-0.3, -0.25) is 4.90 Å². The van der Waals surface area contributed by atoms with Gasteiger partial charge in [0.05, 0.1) is 4.90 Å². The predicted molar refractivity (Wildman–Crippen MR) is 113 cm³/mol. The summed E-state index contributed by atoms with van der Waals surface area (Å²) in [5.74, 6) is 0. The van der Waals surface area contributed by atoms with Gasteiger partial charge in [0, 0.05) is 18.1 Å². The minimum atomic E-state index is -3.46. The molecule has 0 radical (unpaired) electrons. The van der Waals surface area contributed by atoms with Crippen LogP contribution in [-0.2, 0) is 10.0 Å². The number of nitrogens with one attached hydrogen (secondary N) is 1. The van der Waals surface area contributed by atoms with E-state index in [1.807, 2.05) is 19.1 Å². The molecule has 1 aromatic carbocycles. The van der Waals surface area contributed by atoms with E-state index in [0.717, 1.165) is 44.0 Å². The molecule has 1 saturated carbocycles. The molecule has 28 heavy (non-hydrogen) atoms. The quantitative estimate of drug-likeness (QED) is 0.818. The molecule has 4 rings (SSSR count). The topological polar surface area (TPSA) is 52.7 Å². The fraction of sp³-hybridized carbons (Fsp3) is 0.727. The van der Waals surface area contributed by atoms with Gasteiger partial charge >= 0.3 is 0 Å². The largest absolute Gasteiger partial charge is 0.300 e. The van der Waals surface area contributed by atoms with Crippen molar-refractivity contribution in [3.63, 3.8) is 0 Å². The maximum Gasteiger partial charge on any atom is 0.240 e. The van der Waals surface area contributed by atoms with Crippen molar-refractivity contribution in [2.24, 2.45) is 0 Å². The second kappa shape index (κ2) is 8.82. The molecule has 1 unspecified atom stereocenters. The molecule has 156 valence electrons. The Hall–Kier alpha value is -0.950. The van der Waals surface area contributed by atoms with E-state index in [1.165, 1.54) is 45.2 Å². The molecule has 6 heteroatoms. The number of benzene rings is 1. The lowest BCUT2D eigenvalue weighted by Gasteiger charge is -2.44. The number of aryl methyl sites for hydroxylation is 1. The zero-order valence-corrected chi connectivity index (χ0v) is 18.0. The van der Waals surface area contributed by atoms with Gasteiger partial charge < -0.3 is 4.90 Å². The van der Waals surface area contributed by atoms with Crippen LogP contribution in [0.2, 0.25) is 0 Å². The monoisotopic (exact) mass is 405 g/mol. The molecule has 2 atom stereocenters. The second-order valence-corrected chi connectivity index (χ2v) is 10.6. The molecule has 0 amide bonds. The lowest BCUT2D eigenvalue weighted by Crippen LogP contribution is -2.56. The number of piperidine rings is 1. The van der Waals surface area contributed by atoms with Crippen molar-refractivity contribution in [2.75, 3.05) is 26.2 Å². The molecule has 2 saturated heterocycles. The SMILES string of the molecule is Cc1ccc(S(=O)(=O)N[C@@H]2CCCCC2N2CCC(N3CCCC3)CC2)cc1. The van der Waals surface area contributed by atoms with Crippen LogP contribution in [-0.4, -0.2) is 62.5 Å². The summed E-state index contributed by atoms with van der Waals surface area (Å²) in [5.41, 5.74) is 1.08. The van der Waals surface area contributed by atoms with Gasteiger partial charge in [-0.15, -0.1) is 0 Å². The zero-order valence-electron chi connectivity index (χ0n) is 17.1. The van der Waals surface area contributed by atoms with Crippen LogP contribution in [0.3, 0.4) is 0 Å². The standard InChI is InChI=1S/C22H35N3O2S/c1-18-8-10-20(11-9-18)28(26,27)23-21-6-2-3-7-22(21)25-16-12-19(13-17-25)24-14-4-5-15-24/h8-11,19,21-23H,2-7,12-17H2,1H3/t21-,22?/m1/s1. The highest BCUT2D eigenvalue weighted by atomic mass is 32.2. The summed E-state index contributed by atoms with van der Waals surface area (Å²) in [5, 5.41) is 0. The Kier molecular flexibility index (Phi) is 6.40. The van der Waals surface area contributed by atoms with Crippen LogP contribution < -0.4 is 4.72 Å². The van der Waals surface area contributed by atoms with E-state index in [0.29, 0.717) is 10.9 Å². The van der Waals surface area contributed by atoms with Crippen molar-refractivity contribution in [2.45, 2.75) is 81.3 Å². The maximum atomic E-state index is 12.9. The van der Waals surface area contributed by atoms with Gasteiger partial charge in [0.2, 0.25) is 10.0 Å². The fourth-order valence-corrected chi connectivity index (χ4v) is 6.66. The Morgan fingerprint density at radius 3 is 2.14 bits per heavy atom. The molecule has 2 heterocycles. The van der Waals surface area contributed by atoms with Crippen molar-refractivity contribution in [1.82, 2.24) is 14.5 Å². The van der Waals surface area contributed by atoms with Gasteiger partial charge in [0.1, 0.15) is 0 Å². The molecule has 0 spiro atoms. The van der Waals surface area contributed by atoms with Crippen molar-refractivity contribution in [3.05, 3.63) is 29.8 Å². The van der Waals surface area contributed by atoms with Crippen LogP contribution in [0, 0.1) is 6.92 Å². The first-order valence-corrected chi connectivity index (χ1v) is 12.6. The summed E-state index contributed by atoms with van der Waals surface area (Å²) in [4.78, 5) is 5.64. The Bertz CT molecular complexity index is 736. The Morgan fingerprint density at radius 2 is 1.46 bits per heavy atom. The normalized spacial score (nSPS) is 28.6. The van der Waals surface area contributed by atoms with Crippen LogP contribution in [0.5, 0.6) is 0 Å². The Labute approximate surface area is 170 Å². The van der Waals surface area contributed by atoms with Gasteiger partial charge in [-0.2, -0.15) is 0 Å². The average molecular weight is 406 g/mol. The molecule has 1 aromatic rings. The molecular weight excluding hydrogens is 370 g/mol. The van der Waals surface area contributed by atoms with Crippen LogP contribution in [0.1, 0.15) is 56.9 Å². The minimum absolute atomic E-state index is 0.0309. The summed E-state index contributed by atoms with van der Waals surface area (Å²) < 4.78 is 28.9. The van der Waals surface area contributed by atoms with Gasteiger partial charge in [-0.1, -0.05) is 30.5 Å². The molecule has 0 aromatic heterocycles. The predicted octanol–water partition coefficient (Wildman–Crippen LogP) is 3.14. The van der Waals surface area contributed by atoms with E-state index in [-0.39, 0.29) is 6.04 Å². The van der Waals surface area contributed by atoms with Crippen LogP contribution in [0.25, 0.3) is 0 Å². The molecular formula is C22H35N3O2S. The molecule has 3 fully saturated rings. The zero-order chi connectivity index (χ0) is 19.6. The summed E-state index contributed by atoms with van der Waals surface area (Å²) in [7, 11) is -3.46. The highest BCUT2D eigenvalue weighted by Gasteiger charge is 2.36. The maximum absolute atomic E-state index is 12.9. The molecule has 1 N–H and O–H groups in total. The van der Waals surface area contributed by atoms with Crippen molar-refractivity contribution >= 4 is 10.0 Å². The van der Waals surface area contributed by atoms with Gasteiger partial charge in [0.15, 0.2) is 0 Å². The number of sulfonamides is 1. The highest BCUT2D eigenvalue weighted by molar-refractivity contribution is 7.89. The summed E-state index contributed by atoms with van der Waals surface area (Å²) in [6.07, 6.45) is 9.54. The number of likely N-dealkylation sites (tertiary alicyclic amines) is 2. The minimum Gasteiger partial charge on any atom is -0.300 e. The fourth-order valence-electron chi connectivity index (χ4n) is 5.36. The summed E-state index contributed by atoms with van der Waals surface area (Å²) >= 11 is 0. The Balaban J connectivity index is 1.40. The van der Waals surface area contributed by atoms with E-state index in [1.54, 1.807) is 12.1 Å². The van der Waals surface area contributed by atoms with E-state index < -0.39 is 10.0 Å². The lowest BCUT2D eigenvalue weighted by molar-refractivity contribution is 0.0683. The van der Waals surface area contributed by atoms with E-state index in [4.69, 9.17) is 0 Å². The third-order valence-corrected chi connectivity index (χ3v) is 8.50. The number of rotatable bonds is 5. The van der Waals surface area contributed by atoms with Crippen molar-refractivity contribution < 1.29 is 8.42 Å². The van der Waals surface area contributed by atoms with Gasteiger partial charge in [-0.25, -0.2) is 13.1 Å². The van der Waals surface area contributed by atoms with Crippen LogP contribution >= 0.6 is 0 Å². The summed E-state index contributed by atoms with van der Waals surface area (Å²) in [6, 6.07) is 8.29. The molecule has 0 bridgehead atoms. The van der Waals surface area contributed by atoms with Gasteiger partial charge in [-0.05, 0) is 83.8 Å². The number of hydrogen-bond donors (Lipinski definition) is 1. The van der Waals surface area contributed by atoms with E-state index >= 15 is 0 Å². The molecule has 1 aliphatic carbocycles. The van der Waals surface area contributed by atoms with Crippen LogP contribution in [0.15, 0.2) is 29.2 Å².